The highest BCUT2D eigenvalue weighted by Crippen LogP contribution is 2.23. The molecule has 16 heavy (non-hydrogen) atoms. The highest BCUT2D eigenvalue weighted by molar-refractivity contribution is 6.39. The zero-order valence-electron chi connectivity index (χ0n) is 8.33. The van der Waals surface area contributed by atoms with Gasteiger partial charge >= 0.3 is 0 Å². The molecule has 1 aromatic rings. The summed E-state index contributed by atoms with van der Waals surface area (Å²) in [6.07, 6.45) is -1.03. The van der Waals surface area contributed by atoms with Crippen LogP contribution >= 0.6 is 23.2 Å². The summed E-state index contributed by atoms with van der Waals surface area (Å²) in [5.74, 6) is -0.552. The molecule has 1 amide bonds. The van der Waals surface area contributed by atoms with Crippen LogP contribution in [0.5, 0.6) is 0 Å². The summed E-state index contributed by atoms with van der Waals surface area (Å²) >= 11 is 11.7. The molecule has 4 nitrogen and oxygen atoms in total. The summed E-state index contributed by atoms with van der Waals surface area (Å²) in [5, 5.41) is 11.4. The van der Waals surface area contributed by atoms with Gasteiger partial charge in [0.1, 0.15) is 6.07 Å². The average Bonchev–Trinajstić information content (AvgIpc) is 2.25. The standard InChI is InChI=1S/C10H8Cl2N2O2/c1-16-8(5-13)14-10(15)9-6(11)3-2-4-7(9)12/h2-4,8H,1H3,(H,14,15). The molecule has 0 saturated carbocycles. The second-order valence-electron chi connectivity index (χ2n) is 2.81. The molecule has 84 valence electrons. The monoisotopic (exact) mass is 258 g/mol. The van der Waals surface area contributed by atoms with E-state index in [1.54, 1.807) is 12.1 Å². The lowest BCUT2D eigenvalue weighted by atomic mass is 10.2. The molecule has 0 aromatic heterocycles. The molecule has 1 unspecified atom stereocenters. The average molecular weight is 259 g/mol. The quantitative estimate of drug-likeness (QED) is 0.846. The van der Waals surface area contributed by atoms with E-state index in [0.29, 0.717) is 0 Å². The molecule has 0 radical (unpaired) electrons. The number of methoxy groups -OCH3 is 1. The van der Waals surface area contributed by atoms with E-state index in [1.807, 2.05) is 0 Å². The molecule has 0 spiro atoms. The van der Waals surface area contributed by atoms with Crippen molar-refractivity contribution in [2.75, 3.05) is 7.11 Å². The van der Waals surface area contributed by atoms with E-state index in [4.69, 9.17) is 33.2 Å². The molecule has 1 N–H and O–H groups in total. The zero-order valence-corrected chi connectivity index (χ0v) is 9.84. The smallest absolute Gasteiger partial charge is 0.257 e. The first kappa shape index (κ1) is 12.8. The summed E-state index contributed by atoms with van der Waals surface area (Å²) in [5.41, 5.74) is 0.128. The van der Waals surface area contributed by atoms with Gasteiger partial charge in [0.15, 0.2) is 0 Å². The fourth-order valence-electron chi connectivity index (χ4n) is 1.05. The van der Waals surface area contributed by atoms with Gasteiger partial charge in [0.05, 0.1) is 15.6 Å². The minimum absolute atomic E-state index is 0.128. The maximum Gasteiger partial charge on any atom is 0.257 e. The highest BCUT2D eigenvalue weighted by atomic mass is 35.5. The van der Waals surface area contributed by atoms with Gasteiger partial charge in [-0.25, -0.2) is 0 Å². The number of halogens is 2. The maximum atomic E-state index is 11.7. The molecule has 1 rings (SSSR count). The van der Waals surface area contributed by atoms with Crippen LogP contribution in [-0.2, 0) is 4.74 Å². The second-order valence-corrected chi connectivity index (χ2v) is 3.63. The van der Waals surface area contributed by atoms with Crippen LogP contribution in [-0.4, -0.2) is 19.2 Å². The minimum Gasteiger partial charge on any atom is -0.349 e. The number of hydrogen-bond donors (Lipinski definition) is 1. The summed E-state index contributed by atoms with van der Waals surface area (Å²) in [4.78, 5) is 11.7. The lowest BCUT2D eigenvalue weighted by Crippen LogP contribution is -2.35. The lowest BCUT2D eigenvalue weighted by molar-refractivity contribution is 0.0764. The van der Waals surface area contributed by atoms with E-state index in [9.17, 15) is 4.79 Å². The van der Waals surface area contributed by atoms with Crippen molar-refractivity contribution in [3.8, 4) is 6.07 Å². The largest absolute Gasteiger partial charge is 0.349 e. The van der Waals surface area contributed by atoms with Crippen LogP contribution < -0.4 is 5.32 Å². The topological polar surface area (TPSA) is 62.1 Å². The molecule has 0 heterocycles. The van der Waals surface area contributed by atoms with Crippen molar-refractivity contribution in [2.45, 2.75) is 6.23 Å². The molecule has 0 aliphatic heterocycles. The number of hydrogen-bond acceptors (Lipinski definition) is 3. The number of carbonyl (C=O) groups is 1. The SMILES string of the molecule is COC(C#N)NC(=O)c1c(Cl)cccc1Cl. The van der Waals surface area contributed by atoms with Crippen molar-refractivity contribution < 1.29 is 9.53 Å². The van der Waals surface area contributed by atoms with Crippen molar-refractivity contribution in [2.24, 2.45) is 0 Å². The second kappa shape index (κ2) is 5.71. The van der Waals surface area contributed by atoms with Gasteiger partial charge in [0.2, 0.25) is 6.23 Å². The first-order chi connectivity index (χ1) is 7.60. The summed E-state index contributed by atoms with van der Waals surface area (Å²) in [6, 6.07) is 6.45. The Morgan fingerprint density at radius 1 is 1.50 bits per heavy atom. The number of rotatable bonds is 3. The van der Waals surface area contributed by atoms with Crippen LogP contribution in [0.25, 0.3) is 0 Å². The molecule has 1 aromatic carbocycles. The third-order valence-electron chi connectivity index (χ3n) is 1.80. The summed E-state index contributed by atoms with van der Waals surface area (Å²) in [7, 11) is 1.31. The Hall–Kier alpha value is -1.28. The number of nitrogens with one attached hydrogen (secondary N) is 1. The molecule has 0 saturated heterocycles. The van der Waals surface area contributed by atoms with Crippen LogP contribution in [0.2, 0.25) is 10.0 Å². The van der Waals surface area contributed by atoms with Crippen LogP contribution in [0, 0.1) is 11.3 Å². The number of amides is 1. The van der Waals surface area contributed by atoms with Crippen LogP contribution in [0.15, 0.2) is 18.2 Å². The van der Waals surface area contributed by atoms with Crippen molar-refractivity contribution in [3.63, 3.8) is 0 Å². The van der Waals surface area contributed by atoms with Gasteiger partial charge in [-0.05, 0) is 12.1 Å². The van der Waals surface area contributed by atoms with E-state index in [-0.39, 0.29) is 15.6 Å². The first-order valence-corrected chi connectivity index (χ1v) is 5.03. The lowest BCUT2D eigenvalue weighted by Gasteiger charge is -2.11. The van der Waals surface area contributed by atoms with Crippen molar-refractivity contribution >= 4 is 29.1 Å². The Kier molecular flexibility index (Phi) is 4.56. The fraction of sp³-hybridized carbons (Fsp3) is 0.200. The van der Waals surface area contributed by atoms with Gasteiger partial charge in [-0.2, -0.15) is 5.26 Å². The number of carbonyl (C=O) groups excluding carboxylic acids is 1. The van der Waals surface area contributed by atoms with Gasteiger partial charge in [0.25, 0.3) is 5.91 Å². The molecule has 0 bridgehead atoms. The Labute approximate surface area is 103 Å². The van der Waals surface area contributed by atoms with Crippen molar-refractivity contribution in [1.29, 1.82) is 5.26 Å². The van der Waals surface area contributed by atoms with E-state index < -0.39 is 12.1 Å². The van der Waals surface area contributed by atoms with Gasteiger partial charge in [-0.3, -0.25) is 4.79 Å². The van der Waals surface area contributed by atoms with Crippen LogP contribution in [0.4, 0.5) is 0 Å². The van der Waals surface area contributed by atoms with Gasteiger partial charge in [0, 0.05) is 7.11 Å². The summed E-state index contributed by atoms with van der Waals surface area (Å²) < 4.78 is 4.69. The molecule has 0 aliphatic carbocycles. The fourth-order valence-corrected chi connectivity index (χ4v) is 1.62. The van der Waals surface area contributed by atoms with E-state index in [2.05, 4.69) is 5.32 Å². The van der Waals surface area contributed by atoms with Gasteiger partial charge in [-0.1, -0.05) is 29.3 Å². The first-order valence-electron chi connectivity index (χ1n) is 4.27. The highest BCUT2D eigenvalue weighted by Gasteiger charge is 2.17. The Morgan fingerprint density at radius 2 is 2.06 bits per heavy atom. The Balaban J connectivity index is 2.94. The van der Waals surface area contributed by atoms with Crippen LogP contribution in [0.3, 0.4) is 0 Å². The van der Waals surface area contributed by atoms with Crippen molar-refractivity contribution in [1.82, 2.24) is 5.32 Å². The van der Waals surface area contributed by atoms with Crippen LogP contribution in [0.1, 0.15) is 10.4 Å². The normalized spacial score (nSPS) is 11.6. The number of nitriles is 1. The number of nitrogens with zero attached hydrogens (tertiary/aromatic N) is 1. The van der Waals surface area contributed by atoms with E-state index in [1.165, 1.54) is 19.2 Å². The third-order valence-corrected chi connectivity index (χ3v) is 2.43. The third kappa shape index (κ3) is 2.86. The molecular weight excluding hydrogens is 251 g/mol. The Morgan fingerprint density at radius 3 is 2.50 bits per heavy atom. The molecular formula is C10H8Cl2N2O2. The van der Waals surface area contributed by atoms with Gasteiger partial charge < -0.3 is 10.1 Å². The predicted octanol–water partition coefficient (Wildman–Crippen LogP) is 2.22. The molecule has 0 fully saturated rings. The minimum atomic E-state index is -1.03. The van der Waals surface area contributed by atoms with E-state index in [0.717, 1.165) is 0 Å². The zero-order chi connectivity index (χ0) is 12.1. The molecule has 1 atom stereocenters. The predicted molar refractivity (Wildman–Crippen MR) is 60.3 cm³/mol. The summed E-state index contributed by atoms with van der Waals surface area (Å²) in [6.45, 7) is 0. The maximum absolute atomic E-state index is 11.7. The molecule has 6 heteroatoms. The number of benzene rings is 1. The van der Waals surface area contributed by atoms with Gasteiger partial charge in [-0.15, -0.1) is 0 Å². The van der Waals surface area contributed by atoms with Crippen molar-refractivity contribution in [3.05, 3.63) is 33.8 Å². The molecule has 0 aliphatic rings. The van der Waals surface area contributed by atoms with E-state index >= 15 is 0 Å². The number of ether oxygens (including phenoxy) is 1. The Bertz CT molecular complexity index is 423.